The number of aryl methyl sites for hydroxylation is 1. The third kappa shape index (κ3) is 4.42. The van der Waals surface area contributed by atoms with E-state index in [1.807, 2.05) is 62.4 Å². The monoisotopic (exact) mass is 330 g/mol. The molecule has 0 fully saturated rings. The van der Waals surface area contributed by atoms with Crippen LogP contribution in [-0.4, -0.2) is 10.5 Å². The summed E-state index contributed by atoms with van der Waals surface area (Å²) < 4.78 is 0. The van der Waals surface area contributed by atoms with E-state index in [0.717, 1.165) is 36.8 Å². The molecule has 2 unspecified atom stereocenters. The van der Waals surface area contributed by atoms with Crippen molar-refractivity contribution >= 4 is 0 Å². The zero-order chi connectivity index (χ0) is 17.4. The van der Waals surface area contributed by atoms with Gasteiger partial charge in [-0.25, -0.2) is 9.78 Å². The molecule has 0 radical (unpaired) electrons. The van der Waals surface area contributed by atoms with E-state index in [2.05, 4.69) is 15.8 Å². The molecule has 0 heterocycles. The van der Waals surface area contributed by atoms with Gasteiger partial charge < -0.3 is 0 Å². The smallest absolute Gasteiger partial charge is 0.125 e. The van der Waals surface area contributed by atoms with Gasteiger partial charge in [0.05, 0.1) is 0 Å². The molecule has 1 aliphatic carbocycles. The van der Waals surface area contributed by atoms with Gasteiger partial charge in [-0.15, -0.1) is 0 Å². The molecule has 130 valence electrons. The van der Waals surface area contributed by atoms with E-state index >= 15 is 0 Å². The highest BCUT2D eigenvalue weighted by Gasteiger charge is 2.25. The highest BCUT2D eigenvalue weighted by Crippen LogP contribution is 2.31. The van der Waals surface area contributed by atoms with Crippen LogP contribution in [0.2, 0.25) is 0 Å². The molecule has 2 N–H and O–H groups in total. The molecule has 2 aromatic carbocycles. The van der Waals surface area contributed by atoms with Gasteiger partial charge in [-0.1, -0.05) is 61.5 Å². The Morgan fingerprint density at radius 1 is 1.04 bits per heavy atom. The summed E-state index contributed by atoms with van der Waals surface area (Å²) in [6.45, 7) is 3.84. The van der Waals surface area contributed by atoms with Crippen molar-refractivity contribution in [3.8, 4) is 0 Å². The average molecular weight is 330 g/mol. The zero-order valence-corrected chi connectivity index (χ0v) is 14.3. The fourth-order valence-electron chi connectivity index (χ4n) is 2.93. The molecule has 2 atom stereocenters. The predicted octanol–water partition coefficient (Wildman–Crippen LogP) is 5.36. The molecule has 0 amide bonds. The van der Waals surface area contributed by atoms with Crippen LogP contribution in [0.3, 0.4) is 0 Å². The molecule has 1 aliphatic rings. The third-order valence-electron chi connectivity index (χ3n) is 4.70. The summed E-state index contributed by atoms with van der Waals surface area (Å²) in [7, 11) is 0. The minimum absolute atomic E-state index is 0.102. The Balaban J connectivity index is 0.000000174. The molecular weight excluding hydrogens is 304 g/mol. The van der Waals surface area contributed by atoms with Crippen molar-refractivity contribution in [2.75, 3.05) is 0 Å². The van der Waals surface area contributed by atoms with Gasteiger partial charge in [0.25, 0.3) is 0 Å². The van der Waals surface area contributed by atoms with Gasteiger partial charge in [0, 0.05) is 0 Å². The van der Waals surface area contributed by atoms with Crippen molar-refractivity contribution in [3.05, 3.63) is 71.3 Å². The van der Waals surface area contributed by atoms with Crippen LogP contribution in [0, 0.1) is 0 Å². The number of rotatable bonds is 4. The number of benzene rings is 2. The summed E-state index contributed by atoms with van der Waals surface area (Å²) in [5.41, 5.74) is 2.88. The fourth-order valence-corrected chi connectivity index (χ4v) is 2.93. The van der Waals surface area contributed by atoms with Crippen molar-refractivity contribution in [1.29, 1.82) is 0 Å². The van der Waals surface area contributed by atoms with Crippen LogP contribution in [0.1, 0.15) is 55.9 Å². The normalized spacial score (nSPS) is 18.8. The summed E-state index contributed by atoms with van der Waals surface area (Å²) in [5.74, 6) is 0. The Morgan fingerprint density at radius 2 is 1.71 bits per heavy atom. The Morgan fingerprint density at radius 3 is 2.33 bits per heavy atom. The Hall–Kier alpha value is -1.72. The van der Waals surface area contributed by atoms with Crippen molar-refractivity contribution in [3.63, 3.8) is 0 Å². The van der Waals surface area contributed by atoms with Crippen LogP contribution in [0.15, 0.2) is 54.6 Å². The van der Waals surface area contributed by atoms with Crippen LogP contribution >= 0.6 is 0 Å². The van der Waals surface area contributed by atoms with E-state index in [1.165, 1.54) is 5.56 Å². The summed E-state index contributed by atoms with van der Waals surface area (Å²) in [4.78, 5) is 8.89. The first-order valence-electron chi connectivity index (χ1n) is 8.40. The first kappa shape index (κ1) is 18.6. The van der Waals surface area contributed by atoms with Crippen molar-refractivity contribution < 1.29 is 20.3 Å². The van der Waals surface area contributed by atoms with Crippen molar-refractivity contribution in [1.82, 2.24) is 0 Å². The summed E-state index contributed by atoms with van der Waals surface area (Å²) in [6.07, 6.45) is 3.77. The first-order valence-corrected chi connectivity index (χ1v) is 8.40. The average Bonchev–Trinajstić information content (AvgIpc) is 2.68. The van der Waals surface area contributed by atoms with Gasteiger partial charge in [0.2, 0.25) is 0 Å². The van der Waals surface area contributed by atoms with Gasteiger partial charge in [0.15, 0.2) is 0 Å². The van der Waals surface area contributed by atoms with E-state index < -0.39 is 5.60 Å². The van der Waals surface area contributed by atoms with Crippen molar-refractivity contribution in [2.24, 2.45) is 0 Å². The Bertz CT molecular complexity index is 608. The second-order valence-corrected chi connectivity index (χ2v) is 6.23. The number of fused-ring (bicyclic) bond motifs is 1. The van der Waals surface area contributed by atoms with Crippen LogP contribution in [0.4, 0.5) is 0 Å². The van der Waals surface area contributed by atoms with Crippen LogP contribution in [0.25, 0.3) is 0 Å². The summed E-state index contributed by atoms with van der Waals surface area (Å²) in [6, 6.07) is 17.8. The van der Waals surface area contributed by atoms with E-state index in [1.54, 1.807) is 0 Å². The highest BCUT2D eigenvalue weighted by molar-refractivity contribution is 5.31. The van der Waals surface area contributed by atoms with Crippen molar-refractivity contribution in [2.45, 2.75) is 51.2 Å². The molecule has 0 aromatic heterocycles. The maximum Gasteiger partial charge on any atom is 0.125 e. The Kier molecular flexibility index (Phi) is 6.94. The molecule has 0 aliphatic heterocycles. The molecule has 0 bridgehead atoms. The van der Waals surface area contributed by atoms with E-state index in [9.17, 15) is 0 Å². The molecule has 24 heavy (non-hydrogen) atoms. The summed E-state index contributed by atoms with van der Waals surface area (Å²) >= 11 is 0. The van der Waals surface area contributed by atoms with E-state index in [0.29, 0.717) is 0 Å². The molecule has 0 saturated carbocycles. The topological polar surface area (TPSA) is 58.9 Å². The molecule has 4 nitrogen and oxygen atoms in total. The molecule has 0 spiro atoms. The Labute approximate surface area is 143 Å². The zero-order valence-electron chi connectivity index (χ0n) is 14.3. The van der Waals surface area contributed by atoms with Crippen LogP contribution in [-0.2, 0) is 21.8 Å². The lowest BCUT2D eigenvalue weighted by molar-refractivity contribution is -0.324. The maximum atomic E-state index is 8.74. The largest absolute Gasteiger partial charge is 0.251 e. The highest BCUT2D eigenvalue weighted by atomic mass is 17.1. The van der Waals surface area contributed by atoms with Gasteiger partial charge >= 0.3 is 0 Å². The van der Waals surface area contributed by atoms with Gasteiger partial charge in [-0.05, 0) is 49.3 Å². The maximum absolute atomic E-state index is 8.74. The molecule has 0 saturated heterocycles. The minimum atomic E-state index is -0.568. The third-order valence-corrected chi connectivity index (χ3v) is 4.70. The standard InChI is InChI=1S/C10H12O2.C10H14O2/c11-12-10-7-3-5-8-4-1-2-6-9(8)10;1-3-10(2,12-11)9-7-5-4-6-8-9/h1-2,4,6,10-11H,3,5,7H2;4-8,11H,3H2,1-2H3. The molecule has 3 rings (SSSR count). The van der Waals surface area contributed by atoms with E-state index in [4.69, 9.17) is 10.5 Å². The lowest BCUT2D eigenvalue weighted by Crippen LogP contribution is -2.23. The van der Waals surface area contributed by atoms with Crippen LogP contribution < -0.4 is 0 Å². The lowest BCUT2D eigenvalue weighted by Gasteiger charge is -2.24. The fraction of sp³-hybridized carbons (Fsp3) is 0.400. The second kappa shape index (κ2) is 8.94. The first-order chi connectivity index (χ1) is 11.6. The van der Waals surface area contributed by atoms with E-state index in [-0.39, 0.29) is 6.10 Å². The predicted molar refractivity (Wildman–Crippen MR) is 93.6 cm³/mol. The molecule has 4 heteroatoms. The number of hydrogen-bond donors (Lipinski definition) is 2. The molecular formula is C20H26O4. The van der Waals surface area contributed by atoms with Gasteiger partial charge in [0.1, 0.15) is 11.7 Å². The SMILES string of the molecule is CCC(C)(OO)c1ccccc1.OOC1CCCc2ccccc21. The lowest BCUT2D eigenvalue weighted by atomic mass is 9.90. The quantitative estimate of drug-likeness (QED) is 0.585. The minimum Gasteiger partial charge on any atom is -0.251 e. The molecule has 2 aromatic rings. The van der Waals surface area contributed by atoms with Gasteiger partial charge in [-0.3, -0.25) is 10.5 Å². The summed E-state index contributed by atoms with van der Waals surface area (Å²) in [5, 5.41) is 17.4. The second-order valence-electron chi connectivity index (χ2n) is 6.23. The number of hydrogen-bond acceptors (Lipinski definition) is 4. The van der Waals surface area contributed by atoms with Crippen LogP contribution in [0.5, 0.6) is 0 Å². The van der Waals surface area contributed by atoms with Gasteiger partial charge in [-0.2, -0.15) is 0 Å².